The van der Waals surface area contributed by atoms with E-state index in [9.17, 15) is 13.2 Å². The van der Waals surface area contributed by atoms with Gasteiger partial charge in [-0.3, -0.25) is 4.90 Å². The van der Waals surface area contributed by atoms with Gasteiger partial charge in [-0.25, -0.2) is 14.1 Å². The summed E-state index contributed by atoms with van der Waals surface area (Å²) in [5, 5.41) is 4.01. The van der Waals surface area contributed by atoms with E-state index in [1.54, 1.807) is 13.0 Å². The number of halogens is 5. The molecule has 0 saturated carbocycles. The third-order valence-corrected chi connectivity index (χ3v) is 6.24. The van der Waals surface area contributed by atoms with E-state index in [1.165, 1.54) is 31.0 Å². The Morgan fingerprint density at radius 1 is 1.38 bits per heavy atom. The van der Waals surface area contributed by atoms with Gasteiger partial charge in [0.15, 0.2) is 0 Å². The molecule has 2 unspecified atom stereocenters. The number of alkyl halides is 3. The van der Waals surface area contributed by atoms with E-state index in [0.717, 1.165) is 11.8 Å². The highest BCUT2D eigenvalue weighted by Crippen LogP contribution is 2.48. The minimum absolute atomic E-state index is 0.0368. The molecule has 176 valence electrons. The zero-order chi connectivity index (χ0) is 23.8. The van der Waals surface area contributed by atoms with Crippen LogP contribution in [-0.4, -0.2) is 57.3 Å². The number of aryl methyl sites for hydroxylation is 1. The van der Waals surface area contributed by atoms with Crippen LogP contribution in [0.2, 0.25) is 0 Å². The second kappa shape index (κ2) is 8.95. The lowest BCUT2D eigenvalue weighted by molar-refractivity contribution is -0.199. The number of nitrogens with two attached hydrogens (primary N) is 1. The molecule has 0 bridgehead atoms. The van der Waals surface area contributed by atoms with Gasteiger partial charge >= 0.3 is 6.18 Å². The summed E-state index contributed by atoms with van der Waals surface area (Å²) >= 11 is 6.48. The average Bonchev–Trinajstić information content (AvgIpc) is 3.17. The Hall–Kier alpha value is -2.24. The molecule has 0 radical (unpaired) electrons. The van der Waals surface area contributed by atoms with Gasteiger partial charge in [0, 0.05) is 11.6 Å². The van der Waals surface area contributed by atoms with Crippen molar-refractivity contribution in [3.63, 3.8) is 0 Å². The molecule has 2 aromatic rings. The number of benzene rings is 1. The fourth-order valence-electron chi connectivity index (χ4n) is 3.94. The smallest absolute Gasteiger partial charge is 0.403 e. The summed E-state index contributed by atoms with van der Waals surface area (Å²) in [6, 6.07) is 0.911. The molecule has 3 atom stereocenters. The van der Waals surface area contributed by atoms with Crippen LogP contribution in [0.15, 0.2) is 23.5 Å². The second-order valence-corrected chi connectivity index (χ2v) is 8.28. The Labute approximate surface area is 188 Å². The van der Waals surface area contributed by atoms with Gasteiger partial charge in [-0.2, -0.15) is 23.3 Å². The zero-order valence-electron chi connectivity index (χ0n) is 18.1. The molecule has 12 heteroatoms. The lowest BCUT2D eigenvalue weighted by atomic mass is 9.82. The minimum atomic E-state index is -4.54. The van der Waals surface area contributed by atoms with E-state index in [4.69, 9.17) is 22.1 Å². The van der Waals surface area contributed by atoms with Crippen molar-refractivity contribution >= 4 is 22.7 Å². The van der Waals surface area contributed by atoms with Crippen LogP contribution < -0.4 is 10.5 Å². The predicted molar refractivity (Wildman–Crippen MR) is 113 cm³/mol. The fourth-order valence-corrected chi connectivity index (χ4v) is 4.33. The van der Waals surface area contributed by atoms with Crippen LogP contribution in [0.25, 0.3) is 0 Å². The minimum Gasteiger partial charge on any atom is -0.493 e. The number of aliphatic imine (C=N–C) groups is 1. The molecule has 2 heterocycles. The topological polar surface area (TPSA) is 81.6 Å². The molecule has 1 aromatic carbocycles. The zero-order valence-corrected chi connectivity index (χ0v) is 18.9. The fraction of sp³-hybridized carbons (Fsp3) is 0.550. The molecule has 1 aliphatic heterocycles. The number of rotatable bonds is 7. The van der Waals surface area contributed by atoms with E-state index in [0.29, 0.717) is 30.9 Å². The molecule has 0 spiro atoms. The van der Waals surface area contributed by atoms with Crippen molar-refractivity contribution in [3.05, 3.63) is 35.4 Å². The predicted octanol–water partition coefficient (Wildman–Crippen LogP) is 4.07. The van der Waals surface area contributed by atoms with Crippen molar-refractivity contribution in [2.45, 2.75) is 51.0 Å². The van der Waals surface area contributed by atoms with Crippen molar-refractivity contribution < 1.29 is 22.3 Å². The van der Waals surface area contributed by atoms with Crippen LogP contribution >= 0.6 is 11.6 Å². The first-order valence-electron chi connectivity index (χ1n) is 10.00. The molecule has 1 aliphatic rings. The molecular formula is C20H25ClF4N6O. The molecular weight excluding hydrogens is 452 g/mol. The van der Waals surface area contributed by atoms with E-state index in [2.05, 4.69) is 15.1 Å². The third-order valence-electron chi connectivity index (χ3n) is 5.93. The average molecular weight is 477 g/mol. The SMILES string of the molecule is Cc1cc(OCCCN)cc(F)c1C1C(Cl)=Nc2ncnn2C1(C)N(C)[C@@H](C)C(F)(F)F. The summed E-state index contributed by atoms with van der Waals surface area (Å²) in [5.41, 5.74) is 4.45. The largest absolute Gasteiger partial charge is 0.493 e. The van der Waals surface area contributed by atoms with E-state index in [-0.39, 0.29) is 16.7 Å². The second-order valence-electron chi connectivity index (χ2n) is 7.89. The van der Waals surface area contributed by atoms with Gasteiger partial charge < -0.3 is 10.5 Å². The highest BCUT2D eigenvalue weighted by molar-refractivity contribution is 6.67. The molecule has 3 rings (SSSR count). The number of ether oxygens (including phenoxy) is 1. The number of aromatic nitrogens is 3. The van der Waals surface area contributed by atoms with Crippen LogP contribution in [0.5, 0.6) is 5.75 Å². The maximum atomic E-state index is 15.4. The summed E-state index contributed by atoms with van der Waals surface area (Å²) in [4.78, 5) is 9.23. The van der Waals surface area contributed by atoms with Crippen LogP contribution in [-0.2, 0) is 5.66 Å². The summed E-state index contributed by atoms with van der Waals surface area (Å²) in [6.45, 7) is 4.92. The van der Waals surface area contributed by atoms with Crippen molar-refractivity contribution in [1.29, 1.82) is 0 Å². The summed E-state index contributed by atoms with van der Waals surface area (Å²) in [6.07, 6.45) is -2.78. The number of hydrogen-bond donors (Lipinski definition) is 1. The Morgan fingerprint density at radius 2 is 2.06 bits per heavy atom. The van der Waals surface area contributed by atoms with Crippen LogP contribution in [0.4, 0.5) is 23.5 Å². The van der Waals surface area contributed by atoms with Gasteiger partial charge in [0.05, 0.1) is 12.5 Å². The quantitative estimate of drug-likeness (QED) is 0.481. The highest BCUT2D eigenvalue weighted by Gasteiger charge is 2.54. The summed E-state index contributed by atoms with van der Waals surface area (Å²) in [5.74, 6) is -1.43. The lowest BCUT2D eigenvalue weighted by Crippen LogP contribution is -2.60. The van der Waals surface area contributed by atoms with Crippen molar-refractivity contribution in [1.82, 2.24) is 19.7 Å². The highest BCUT2D eigenvalue weighted by atomic mass is 35.5. The standard InChI is InChI=1S/C20H25ClF4N6O/c1-11-8-13(32-7-5-6-26)9-14(22)15(11)16-17(21)29-18-27-10-28-31(18)19(16,3)30(4)12(2)20(23,24)25/h8-10,12,16H,5-7,26H2,1-4H3/t12-,16?,19?/m0/s1. The van der Waals surface area contributed by atoms with Crippen molar-refractivity contribution in [2.24, 2.45) is 10.7 Å². The molecule has 0 saturated heterocycles. The maximum Gasteiger partial charge on any atom is 0.403 e. The van der Waals surface area contributed by atoms with Gasteiger partial charge in [-0.15, -0.1) is 0 Å². The van der Waals surface area contributed by atoms with E-state index < -0.39 is 29.6 Å². The molecule has 7 nitrogen and oxygen atoms in total. The maximum absolute atomic E-state index is 15.4. The lowest BCUT2D eigenvalue weighted by Gasteiger charge is -2.48. The monoisotopic (exact) mass is 476 g/mol. The number of likely N-dealkylation sites (N-methyl/N-ethyl adjacent to an activating group) is 1. The molecule has 1 aromatic heterocycles. The number of fused-ring (bicyclic) bond motifs is 1. The third kappa shape index (κ3) is 4.20. The first-order valence-corrected chi connectivity index (χ1v) is 10.4. The number of hydrogen-bond acceptors (Lipinski definition) is 6. The van der Waals surface area contributed by atoms with Gasteiger partial charge in [0.2, 0.25) is 0 Å². The normalized spacial score (nSPS) is 22.0. The van der Waals surface area contributed by atoms with Crippen molar-refractivity contribution in [2.75, 3.05) is 20.2 Å². The van der Waals surface area contributed by atoms with Gasteiger partial charge in [0.1, 0.15) is 34.8 Å². The van der Waals surface area contributed by atoms with Gasteiger partial charge in [-0.1, -0.05) is 11.6 Å². The van der Waals surface area contributed by atoms with Crippen LogP contribution in [0.3, 0.4) is 0 Å². The Morgan fingerprint density at radius 3 is 2.66 bits per heavy atom. The van der Waals surface area contributed by atoms with Crippen LogP contribution in [0.1, 0.15) is 37.3 Å². The van der Waals surface area contributed by atoms with E-state index in [1.807, 2.05) is 0 Å². The van der Waals surface area contributed by atoms with Crippen molar-refractivity contribution in [3.8, 4) is 5.75 Å². The van der Waals surface area contributed by atoms with Gasteiger partial charge in [0.25, 0.3) is 5.95 Å². The van der Waals surface area contributed by atoms with Gasteiger partial charge in [-0.05, 0) is 52.4 Å². The Bertz CT molecular complexity index is 987. The molecule has 0 amide bonds. The Kier molecular flexibility index (Phi) is 6.83. The first kappa shape index (κ1) is 24.4. The summed E-state index contributed by atoms with van der Waals surface area (Å²) in [7, 11) is 1.30. The van der Waals surface area contributed by atoms with E-state index >= 15 is 4.39 Å². The number of nitrogens with zero attached hydrogens (tertiary/aromatic N) is 5. The van der Waals surface area contributed by atoms with Crippen LogP contribution in [0, 0.1) is 12.7 Å². The summed E-state index contributed by atoms with van der Waals surface area (Å²) < 4.78 is 63.2. The Balaban J connectivity index is 2.15. The molecule has 2 N–H and O–H groups in total. The molecule has 32 heavy (non-hydrogen) atoms. The molecule has 0 fully saturated rings. The molecule has 0 aliphatic carbocycles. The first-order chi connectivity index (χ1) is 14.9.